The van der Waals surface area contributed by atoms with Gasteiger partial charge in [-0.05, 0) is 6.08 Å². The van der Waals surface area contributed by atoms with E-state index in [1.54, 1.807) is 0 Å². The number of rotatable bonds is 0. The van der Waals surface area contributed by atoms with Crippen molar-refractivity contribution in [3.8, 4) is 0 Å². The number of hydrogen-bond acceptors (Lipinski definition) is 3. The maximum absolute atomic E-state index is 5.48. The summed E-state index contributed by atoms with van der Waals surface area (Å²) >= 11 is 0. The van der Waals surface area contributed by atoms with Crippen molar-refractivity contribution in [1.82, 2.24) is 0 Å². The maximum atomic E-state index is 5.48. The predicted molar refractivity (Wildman–Crippen MR) is 40.4 cm³/mol. The van der Waals surface area contributed by atoms with Gasteiger partial charge >= 0.3 is 0 Å². The summed E-state index contributed by atoms with van der Waals surface area (Å²) in [6, 6.07) is 0. The summed E-state index contributed by atoms with van der Waals surface area (Å²) < 4.78 is 0. The molecule has 0 aromatic heterocycles. The van der Waals surface area contributed by atoms with Gasteiger partial charge in [-0.3, -0.25) is 0 Å². The molecule has 0 saturated heterocycles. The SMILES string of the molecule is CC(C)(C)C1=C[C@@H](N)N=N1. The zero-order chi connectivity index (χ0) is 7.78. The van der Waals surface area contributed by atoms with Crippen LogP contribution in [0.2, 0.25) is 0 Å². The number of nitrogens with zero attached hydrogens (tertiary/aromatic N) is 2. The highest BCUT2D eigenvalue weighted by Gasteiger charge is 2.20. The van der Waals surface area contributed by atoms with Gasteiger partial charge in [0.15, 0.2) is 0 Å². The van der Waals surface area contributed by atoms with E-state index in [9.17, 15) is 0 Å². The molecule has 1 aliphatic heterocycles. The van der Waals surface area contributed by atoms with Gasteiger partial charge in [0.25, 0.3) is 0 Å². The molecule has 2 N–H and O–H groups in total. The van der Waals surface area contributed by atoms with E-state index in [-0.39, 0.29) is 11.6 Å². The molecule has 0 bridgehead atoms. The van der Waals surface area contributed by atoms with E-state index in [0.29, 0.717) is 0 Å². The minimum absolute atomic E-state index is 0.0810. The van der Waals surface area contributed by atoms with Crippen LogP contribution in [0.15, 0.2) is 22.0 Å². The van der Waals surface area contributed by atoms with Crippen LogP contribution in [0.3, 0.4) is 0 Å². The van der Waals surface area contributed by atoms with Crippen LogP contribution in [-0.4, -0.2) is 6.17 Å². The topological polar surface area (TPSA) is 50.7 Å². The highest BCUT2D eigenvalue weighted by atomic mass is 15.2. The summed E-state index contributed by atoms with van der Waals surface area (Å²) in [5.41, 5.74) is 6.55. The molecule has 0 aromatic rings. The highest BCUT2D eigenvalue weighted by molar-refractivity contribution is 5.14. The largest absolute Gasteiger partial charge is 0.305 e. The Hall–Kier alpha value is -0.700. The molecule has 1 heterocycles. The molecule has 0 unspecified atom stereocenters. The Labute approximate surface area is 61.0 Å². The molecule has 3 nitrogen and oxygen atoms in total. The first-order chi connectivity index (χ1) is 4.50. The first-order valence-electron chi connectivity index (χ1n) is 3.39. The van der Waals surface area contributed by atoms with E-state index in [1.807, 2.05) is 6.08 Å². The van der Waals surface area contributed by atoms with Gasteiger partial charge in [-0.1, -0.05) is 20.8 Å². The van der Waals surface area contributed by atoms with Crippen molar-refractivity contribution >= 4 is 0 Å². The molecule has 0 aromatic carbocycles. The minimum Gasteiger partial charge on any atom is -0.305 e. The Morgan fingerprint density at radius 1 is 1.50 bits per heavy atom. The quantitative estimate of drug-likeness (QED) is 0.545. The number of nitrogens with two attached hydrogens (primary N) is 1. The number of allylic oxidation sites excluding steroid dienone is 1. The average Bonchev–Trinajstić information content (AvgIpc) is 2.11. The molecular weight excluding hydrogens is 126 g/mol. The minimum atomic E-state index is -0.214. The van der Waals surface area contributed by atoms with Crippen LogP contribution in [-0.2, 0) is 0 Å². The standard InChI is InChI=1S/C7H13N3/c1-7(2,3)5-4-6(8)10-9-5/h4,6H,8H2,1-3H3/t6-/m0/s1. The third kappa shape index (κ3) is 1.42. The molecule has 0 aliphatic carbocycles. The second-order valence-electron chi connectivity index (χ2n) is 3.51. The van der Waals surface area contributed by atoms with E-state index in [1.165, 1.54) is 0 Å². The lowest BCUT2D eigenvalue weighted by atomic mass is 9.92. The highest BCUT2D eigenvalue weighted by Crippen LogP contribution is 2.29. The van der Waals surface area contributed by atoms with Gasteiger partial charge in [-0.15, -0.1) is 0 Å². The zero-order valence-corrected chi connectivity index (χ0v) is 6.63. The van der Waals surface area contributed by atoms with Gasteiger partial charge in [0.2, 0.25) is 0 Å². The van der Waals surface area contributed by atoms with Crippen LogP contribution in [0, 0.1) is 5.41 Å². The van der Waals surface area contributed by atoms with Crippen molar-refractivity contribution in [3.05, 3.63) is 11.8 Å². The van der Waals surface area contributed by atoms with Crippen molar-refractivity contribution in [2.45, 2.75) is 26.9 Å². The predicted octanol–water partition coefficient (Wildman–Crippen LogP) is 1.67. The molecular formula is C7H13N3. The lowest BCUT2D eigenvalue weighted by molar-refractivity contribution is 0.497. The summed E-state index contributed by atoms with van der Waals surface area (Å²) in [6.07, 6.45) is 1.68. The Morgan fingerprint density at radius 2 is 2.10 bits per heavy atom. The van der Waals surface area contributed by atoms with Gasteiger partial charge in [-0.25, -0.2) is 0 Å². The Kier molecular flexibility index (Phi) is 1.60. The molecule has 0 radical (unpaired) electrons. The molecule has 0 fully saturated rings. The van der Waals surface area contributed by atoms with E-state index in [4.69, 9.17) is 5.73 Å². The molecule has 3 heteroatoms. The van der Waals surface area contributed by atoms with Crippen LogP contribution in [0.1, 0.15) is 20.8 Å². The molecule has 0 spiro atoms. The molecule has 1 aliphatic rings. The van der Waals surface area contributed by atoms with Crippen LogP contribution in [0.25, 0.3) is 0 Å². The van der Waals surface area contributed by atoms with Crippen LogP contribution in [0.4, 0.5) is 0 Å². The van der Waals surface area contributed by atoms with Crippen LogP contribution < -0.4 is 5.73 Å². The fourth-order valence-corrected chi connectivity index (χ4v) is 0.757. The normalized spacial score (nSPS) is 25.2. The van der Waals surface area contributed by atoms with Crippen molar-refractivity contribution < 1.29 is 0 Å². The van der Waals surface area contributed by atoms with E-state index < -0.39 is 0 Å². The van der Waals surface area contributed by atoms with Gasteiger partial charge in [0, 0.05) is 5.41 Å². The third-order valence-corrected chi connectivity index (χ3v) is 1.40. The van der Waals surface area contributed by atoms with Crippen molar-refractivity contribution in [2.24, 2.45) is 21.4 Å². The lowest BCUT2D eigenvalue weighted by Gasteiger charge is -2.15. The first-order valence-corrected chi connectivity index (χ1v) is 3.39. The Bertz CT molecular complexity index is 186. The van der Waals surface area contributed by atoms with Gasteiger partial charge < -0.3 is 5.73 Å². The fraction of sp³-hybridized carbons (Fsp3) is 0.714. The number of azo groups is 1. The van der Waals surface area contributed by atoms with Gasteiger partial charge in [0.1, 0.15) is 6.17 Å². The van der Waals surface area contributed by atoms with E-state index in [0.717, 1.165) is 5.70 Å². The Morgan fingerprint density at radius 3 is 2.30 bits per heavy atom. The summed E-state index contributed by atoms with van der Waals surface area (Å²) in [7, 11) is 0. The third-order valence-electron chi connectivity index (χ3n) is 1.40. The molecule has 0 amide bonds. The summed E-state index contributed by atoms with van der Waals surface area (Å²) in [6.45, 7) is 6.28. The molecule has 10 heavy (non-hydrogen) atoms. The summed E-state index contributed by atoms with van der Waals surface area (Å²) in [5.74, 6) is 0. The van der Waals surface area contributed by atoms with Gasteiger partial charge in [-0.2, -0.15) is 10.2 Å². The monoisotopic (exact) mass is 139 g/mol. The first kappa shape index (κ1) is 7.41. The zero-order valence-electron chi connectivity index (χ0n) is 6.63. The van der Waals surface area contributed by atoms with Crippen molar-refractivity contribution in [1.29, 1.82) is 0 Å². The molecule has 0 saturated carbocycles. The Balaban J connectivity index is 2.78. The van der Waals surface area contributed by atoms with Crippen LogP contribution >= 0.6 is 0 Å². The van der Waals surface area contributed by atoms with E-state index in [2.05, 4.69) is 31.0 Å². The van der Waals surface area contributed by atoms with Crippen molar-refractivity contribution in [2.75, 3.05) is 0 Å². The molecule has 1 rings (SSSR count). The summed E-state index contributed by atoms with van der Waals surface area (Å²) in [5, 5.41) is 7.74. The van der Waals surface area contributed by atoms with Crippen LogP contribution in [0.5, 0.6) is 0 Å². The fourth-order valence-electron chi connectivity index (χ4n) is 0.757. The maximum Gasteiger partial charge on any atom is 0.139 e. The average molecular weight is 139 g/mol. The lowest BCUT2D eigenvalue weighted by Crippen LogP contribution is -2.12. The second kappa shape index (κ2) is 2.16. The summed E-state index contributed by atoms with van der Waals surface area (Å²) in [4.78, 5) is 0. The smallest absolute Gasteiger partial charge is 0.139 e. The van der Waals surface area contributed by atoms with Gasteiger partial charge in [0.05, 0.1) is 5.70 Å². The second-order valence-corrected chi connectivity index (χ2v) is 3.51. The van der Waals surface area contributed by atoms with Crippen molar-refractivity contribution in [3.63, 3.8) is 0 Å². The molecule has 1 atom stereocenters. The number of hydrogen-bond donors (Lipinski definition) is 1. The van der Waals surface area contributed by atoms with E-state index >= 15 is 0 Å². The molecule has 56 valence electrons.